The summed E-state index contributed by atoms with van der Waals surface area (Å²) in [6.07, 6.45) is 0. The van der Waals surface area contributed by atoms with Gasteiger partial charge in [-0.3, -0.25) is 0 Å². The number of benzene rings is 1. The van der Waals surface area contributed by atoms with Crippen LogP contribution in [0.4, 0.5) is 5.69 Å². The Morgan fingerprint density at radius 3 is 2.54 bits per heavy atom. The quantitative estimate of drug-likeness (QED) is 0.634. The van der Waals surface area contributed by atoms with E-state index in [1.165, 1.54) is 3.57 Å². The molecule has 0 saturated carbocycles. The van der Waals surface area contributed by atoms with Crippen LogP contribution in [0, 0.1) is 3.57 Å². The fourth-order valence-corrected chi connectivity index (χ4v) is 1.42. The largest absolute Gasteiger partial charge is 0.355 e. The van der Waals surface area contributed by atoms with Crippen LogP contribution in [-0.4, -0.2) is 24.1 Å². The molecule has 13 heavy (non-hydrogen) atoms. The Morgan fingerprint density at radius 2 is 2.00 bits per heavy atom. The second-order valence-electron chi connectivity index (χ2n) is 2.80. The Bertz CT molecular complexity index is 312. The van der Waals surface area contributed by atoms with Gasteiger partial charge in [0.1, 0.15) is 0 Å². The molecule has 0 saturated heterocycles. The van der Waals surface area contributed by atoms with Gasteiger partial charge in [-0.1, -0.05) is 12.1 Å². The Labute approximate surface area is 97.5 Å². The molecular formula is C9H11IN2S. The normalized spacial score (nSPS) is 9.46. The average Bonchev–Trinajstić information content (AvgIpc) is 2.08. The summed E-state index contributed by atoms with van der Waals surface area (Å²) in [7, 11) is 3.84. The molecular weight excluding hydrogens is 295 g/mol. The first kappa shape index (κ1) is 10.7. The highest BCUT2D eigenvalue weighted by Crippen LogP contribution is 2.16. The topological polar surface area (TPSA) is 15.3 Å². The Balaban J connectivity index is 2.75. The molecule has 0 spiro atoms. The fraction of sp³-hybridized carbons (Fsp3) is 0.222. The van der Waals surface area contributed by atoms with Gasteiger partial charge in [0.15, 0.2) is 5.11 Å². The third-order valence-electron chi connectivity index (χ3n) is 1.52. The van der Waals surface area contributed by atoms with Gasteiger partial charge in [0.25, 0.3) is 0 Å². The van der Waals surface area contributed by atoms with Crippen LogP contribution in [-0.2, 0) is 0 Å². The maximum absolute atomic E-state index is 5.13. The first-order valence-corrected chi connectivity index (χ1v) is 5.33. The molecule has 0 heterocycles. The lowest BCUT2D eigenvalue weighted by molar-refractivity contribution is 0.634. The van der Waals surface area contributed by atoms with Crippen molar-refractivity contribution in [3.05, 3.63) is 27.8 Å². The molecule has 70 valence electrons. The summed E-state index contributed by atoms with van der Waals surface area (Å²) in [6, 6.07) is 8.05. The van der Waals surface area contributed by atoms with Gasteiger partial charge in [-0.2, -0.15) is 0 Å². The number of nitrogens with one attached hydrogen (secondary N) is 1. The molecule has 1 aromatic rings. The van der Waals surface area contributed by atoms with Crippen molar-refractivity contribution in [2.75, 3.05) is 19.4 Å². The van der Waals surface area contributed by atoms with Gasteiger partial charge < -0.3 is 10.2 Å². The standard InChI is InChI=1S/C9H11IN2S/c1-12(2)9(13)11-8-6-4-3-5-7(8)10/h3-6H,1-2H3,(H,11,13). The number of hydrogen-bond acceptors (Lipinski definition) is 1. The van der Waals surface area contributed by atoms with E-state index in [0.717, 1.165) is 10.8 Å². The number of nitrogens with zero attached hydrogens (tertiary/aromatic N) is 1. The maximum atomic E-state index is 5.13. The number of anilines is 1. The third kappa shape index (κ3) is 3.11. The minimum atomic E-state index is 0.726. The van der Waals surface area contributed by atoms with Gasteiger partial charge in [-0.25, -0.2) is 0 Å². The Morgan fingerprint density at radius 1 is 1.38 bits per heavy atom. The highest BCUT2D eigenvalue weighted by molar-refractivity contribution is 14.1. The molecule has 0 bridgehead atoms. The zero-order chi connectivity index (χ0) is 9.84. The number of halogens is 1. The van der Waals surface area contributed by atoms with E-state index < -0.39 is 0 Å². The van der Waals surface area contributed by atoms with Crippen molar-refractivity contribution in [3.63, 3.8) is 0 Å². The van der Waals surface area contributed by atoms with Gasteiger partial charge in [0.05, 0.1) is 5.69 Å². The van der Waals surface area contributed by atoms with E-state index >= 15 is 0 Å². The van der Waals surface area contributed by atoms with Crippen LogP contribution < -0.4 is 5.32 Å². The summed E-state index contributed by atoms with van der Waals surface area (Å²) >= 11 is 7.41. The molecule has 2 nitrogen and oxygen atoms in total. The van der Waals surface area contributed by atoms with E-state index in [1.807, 2.05) is 43.3 Å². The zero-order valence-corrected chi connectivity index (χ0v) is 10.5. The first-order valence-electron chi connectivity index (χ1n) is 3.84. The van der Waals surface area contributed by atoms with Crippen LogP contribution in [0.3, 0.4) is 0 Å². The van der Waals surface area contributed by atoms with E-state index in [2.05, 4.69) is 27.9 Å². The summed E-state index contributed by atoms with van der Waals surface area (Å²) in [5, 5.41) is 3.89. The van der Waals surface area contributed by atoms with Gasteiger partial charge >= 0.3 is 0 Å². The lowest BCUT2D eigenvalue weighted by atomic mass is 10.3. The fourth-order valence-electron chi connectivity index (χ4n) is 0.790. The lowest BCUT2D eigenvalue weighted by Crippen LogP contribution is -2.27. The number of rotatable bonds is 1. The van der Waals surface area contributed by atoms with E-state index in [4.69, 9.17) is 12.2 Å². The average molecular weight is 306 g/mol. The molecule has 1 rings (SSSR count). The third-order valence-corrected chi connectivity index (χ3v) is 2.93. The molecule has 0 aliphatic carbocycles. The first-order chi connectivity index (χ1) is 6.11. The van der Waals surface area contributed by atoms with E-state index in [-0.39, 0.29) is 0 Å². The van der Waals surface area contributed by atoms with Gasteiger partial charge in [-0.05, 0) is 46.9 Å². The van der Waals surface area contributed by atoms with Crippen molar-refractivity contribution >= 4 is 45.6 Å². The van der Waals surface area contributed by atoms with E-state index in [1.54, 1.807) is 0 Å². The van der Waals surface area contributed by atoms with Crippen molar-refractivity contribution in [3.8, 4) is 0 Å². The van der Waals surface area contributed by atoms with Gasteiger partial charge in [-0.15, -0.1) is 0 Å². The monoisotopic (exact) mass is 306 g/mol. The van der Waals surface area contributed by atoms with Crippen molar-refractivity contribution in [2.24, 2.45) is 0 Å². The lowest BCUT2D eigenvalue weighted by Gasteiger charge is -2.16. The molecule has 0 amide bonds. The van der Waals surface area contributed by atoms with Crippen molar-refractivity contribution < 1.29 is 0 Å². The minimum Gasteiger partial charge on any atom is -0.355 e. The van der Waals surface area contributed by atoms with Crippen LogP contribution in [0.5, 0.6) is 0 Å². The SMILES string of the molecule is CN(C)C(=S)Nc1ccccc1I. The number of para-hydroxylation sites is 1. The highest BCUT2D eigenvalue weighted by Gasteiger charge is 2.01. The molecule has 0 atom stereocenters. The van der Waals surface area contributed by atoms with Crippen LogP contribution in [0.1, 0.15) is 0 Å². The molecule has 0 aromatic heterocycles. The summed E-state index contributed by atoms with van der Waals surface area (Å²) in [6.45, 7) is 0. The molecule has 0 aliphatic heterocycles. The van der Waals surface area contributed by atoms with Gasteiger partial charge in [0.2, 0.25) is 0 Å². The Kier molecular flexibility index (Phi) is 3.92. The van der Waals surface area contributed by atoms with Crippen LogP contribution in [0.2, 0.25) is 0 Å². The smallest absolute Gasteiger partial charge is 0.172 e. The molecule has 0 radical (unpaired) electrons. The minimum absolute atomic E-state index is 0.726. The summed E-state index contributed by atoms with van der Waals surface area (Å²) in [5.74, 6) is 0. The van der Waals surface area contributed by atoms with Crippen LogP contribution in [0.25, 0.3) is 0 Å². The predicted octanol–water partition coefficient (Wildman–Crippen LogP) is 2.55. The maximum Gasteiger partial charge on any atom is 0.172 e. The number of thiocarbonyl (C=S) groups is 1. The molecule has 0 fully saturated rings. The molecule has 1 N–H and O–H groups in total. The predicted molar refractivity (Wildman–Crippen MR) is 69.1 cm³/mol. The van der Waals surface area contributed by atoms with Crippen molar-refractivity contribution in [1.82, 2.24) is 4.90 Å². The summed E-state index contributed by atoms with van der Waals surface area (Å²) in [5.41, 5.74) is 1.06. The van der Waals surface area contributed by atoms with E-state index in [9.17, 15) is 0 Å². The van der Waals surface area contributed by atoms with Crippen LogP contribution >= 0.6 is 34.8 Å². The summed E-state index contributed by atoms with van der Waals surface area (Å²) < 4.78 is 1.17. The molecule has 4 heteroatoms. The number of hydrogen-bond donors (Lipinski definition) is 1. The second kappa shape index (κ2) is 4.76. The Hall–Kier alpha value is -0.360. The second-order valence-corrected chi connectivity index (χ2v) is 4.35. The van der Waals surface area contributed by atoms with Crippen LogP contribution in [0.15, 0.2) is 24.3 Å². The zero-order valence-electron chi connectivity index (χ0n) is 7.54. The van der Waals surface area contributed by atoms with Gasteiger partial charge in [0, 0.05) is 17.7 Å². The molecule has 1 aromatic carbocycles. The molecule has 0 aliphatic rings. The molecule has 0 unspecified atom stereocenters. The van der Waals surface area contributed by atoms with Crippen molar-refractivity contribution in [1.29, 1.82) is 0 Å². The van der Waals surface area contributed by atoms with Crippen molar-refractivity contribution in [2.45, 2.75) is 0 Å². The van der Waals surface area contributed by atoms with E-state index in [0.29, 0.717) is 0 Å². The highest BCUT2D eigenvalue weighted by atomic mass is 127. The summed E-state index contributed by atoms with van der Waals surface area (Å²) in [4.78, 5) is 1.87.